The van der Waals surface area contributed by atoms with E-state index in [0.717, 1.165) is 0 Å². The van der Waals surface area contributed by atoms with Gasteiger partial charge in [-0.15, -0.1) is 0 Å². The number of amides is 1. The van der Waals surface area contributed by atoms with Gasteiger partial charge in [0.15, 0.2) is 0 Å². The zero-order chi connectivity index (χ0) is 17.7. The van der Waals surface area contributed by atoms with Crippen molar-refractivity contribution in [3.05, 3.63) is 46.4 Å². The van der Waals surface area contributed by atoms with E-state index in [4.69, 9.17) is 9.47 Å². The summed E-state index contributed by atoms with van der Waals surface area (Å²) in [6, 6.07) is 9.32. The van der Waals surface area contributed by atoms with Gasteiger partial charge in [-0.05, 0) is 52.3 Å². The summed E-state index contributed by atoms with van der Waals surface area (Å²) >= 11 is 3.78. The number of carbonyl (C=O) groups is 1. The number of carbonyl (C=O) groups excluding carboxylic acids is 1. The highest BCUT2D eigenvalue weighted by atomic mass is 79.9. The molecule has 0 radical (unpaired) electrons. The minimum absolute atomic E-state index is 0.345. The van der Waals surface area contributed by atoms with Gasteiger partial charge in [0.25, 0.3) is 11.7 Å². The van der Waals surface area contributed by atoms with Crippen LogP contribution in [0.1, 0.15) is 10.4 Å². The van der Waals surface area contributed by atoms with Crippen LogP contribution < -0.4 is 14.8 Å². The second kappa shape index (κ2) is 8.34. The van der Waals surface area contributed by atoms with Gasteiger partial charge in [-0.25, -0.2) is 0 Å². The highest BCUT2D eigenvalue weighted by Crippen LogP contribution is 2.35. The van der Waals surface area contributed by atoms with E-state index in [1.165, 1.54) is 26.4 Å². The summed E-state index contributed by atoms with van der Waals surface area (Å²) in [6.07, 6.45) is 0. The van der Waals surface area contributed by atoms with E-state index < -0.39 is 5.76 Å². The molecule has 0 aliphatic carbocycles. The van der Waals surface area contributed by atoms with Gasteiger partial charge in [0.2, 0.25) is 0 Å². The molecule has 4 nitrogen and oxygen atoms in total. The third-order valence-electron chi connectivity index (χ3n) is 3.05. The van der Waals surface area contributed by atoms with Crippen molar-refractivity contribution in [2.75, 3.05) is 19.5 Å². The van der Waals surface area contributed by atoms with E-state index >= 15 is 0 Å². The van der Waals surface area contributed by atoms with Crippen LogP contribution in [0, 0.1) is 0 Å². The largest absolute Gasteiger partial charge is 0.495 e. The second-order valence-corrected chi connectivity index (χ2v) is 6.41. The topological polar surface area (TPSA) is 47.6 Å². The lowest BCUT2D eigenvalue weighted by Gasteiger charge is -2.12. The van der Waals surface area contributed by atoms with Crippen molar-refractivity contribution >= 4 is 39.3 Å². The van der Waals surface area contributed by atoms with Crippen molar-refractivity contribution < 1.29 is 23.0 Å². The van der Waals surface area contributed by atoms with Crippen LogP contribution in [0.25, 0.3) is 0 Å². The Kier molecular flexibility index (Phi) is 6.44. The third-order valence-corrected chi connectivity index (χ3v) is 4.55. The predicted octanol–water partition coefficient (Wildman–Crippen LogP) is 5.03. The molecule has 0 saturated heterocycles. The number of rotatable bonds is 6. The fourth-order valence-electron chi connectivity index (χ4n) is 1.92. The quantitative estimate of drug-likeness (QED) is 0.669. The molecule has 0 heterocycles. The lowest BCUT2D eigenvalue weighted by molar-refractivity contribution is 0.102. The number of anilines is 1. The number of halogens is 3. The van der Waals surface area contributed by atoms with Crippen LogP contribution in [0.3, 0.4) is 0 Å². The maximum absolute atomic E-state index is 12.4. The van der Waals surface area contributed by atoms with Gasteiger partial charge < -0.3 is 14.8 Å². The molecule has 0 unspecified atom stereocenters. The molecule has 1 amide bonds. The normalized spacial score (nSPS) is 10.6. The average molecular weight is 418 g/mol. The lowest BCUT2D eigenvalue weighted by atomic mass is 10.1. The molecule has 24 heavy (non-hydrogen) atoms. The molecule has 0 aliphatic rings. The number of thioether (sulfide) groups is 1. The first-order valence-electron chi connectivity index (χ1n) is 6.72. The number of benzene rings is 2. The van der Waals surface area contributed by atoms with E-state index in [1.54, 1.807) is 24.3 Å². The van der Waals surface area contributed by atoms with Crippen molar-refractivity contribution in [1.29, 1.82) is 0 Å². The number of hydrogen-bond donors (Lipinski definition) is 1. The second-order valence-electron chi connectivity index (χ2n) is 4.55. The molecule has 0 atom stereocenters. The Labute approximate surface area is 150 Å². The van der Waals surface area contributed by atoms with E-state index in [2.05, 4.69) is 21.2 Å². The SMILES string of the molecule is COc1cc(C(=O)Nc2ccc(SC(F)F)cc2)cc(OC)c1Br. The first-order chi connectivity index (χ1) is 11.4. The van der Waals surface area contributed by atoms with Crippen LogP contribution in [0.5, 0.6) is 11.5 Å². The van der Waals surface area contributed by atoms with Gasteiger partial charge in [-0.2, -0.15) is 8.78 Å². The Balaban J connectivity index is 2.17. The van der Waals surface area contributed by atoms with Gasteiger partial charge in [-0.3, -0.25) is 4.79 Å². The van der Waals surface area contributed by atoms with Crippen molar-refractivity contribution in [1.82, 2.24) is 0 Å². The molecular weight excluding hydrogens is 404 g/mol. The number of hydrogen-bond acceptors (Lipinski definition) is 4. The summed E-state index contributed by atoms with van der Waals surface area (Å²) in [5, 5.41) is 2.70. The van der Waals surface area contributed by atoms with Crippen molar-refractivity contribution in [3.8, 4) is 11.5 Å². The molecule has 0 spiro atoms. The molecule has 128 valence electrons. The van der Waals surface area contributed by atoms with Crippen LogP contribution in [-0.4, -0.2) is 25.9 Å². The van der Waals surface area contributed by atoms with Gasteiger partial charge in [0, 0.05) is 16.1 Å². The van der Waals surface area contributed by atoms with Gasteiger partial charge >= 0.3 is 0 Å². The molecular formula is C16H14BrF2NO3S. The fraction of sp³-hybridized carbons (Fsp3) is 0.188. The Bertz CT molecular complexity index is 701. The van der Waals surface area contributed by atoms with E-state index in [0.29, 0.717) is 43.9 Å². The Morgan fingerprint density at radius 1 is 1.12 bits per heavy atom. The lowest BCUT2D eigenvalue weighted by Crippen LogP contribution is -2.12. The first-order valence-corrected chi connectivity index (χ1v) is 8.39. The average Bonchev–Trinajstić information content (AvgIpc) is 2.56. The standard InChI is InChI=1S/C16H14BrF2NO3S/c1-22-12-7-9(8-13(23-2)14(12)17)15(21)20-10-3-5-11(6-4-10)24-16(18)19/h3-8,16H,1-2H3,(H,20,21). The molecule has 0 bridgehead atoms. The maximum Gasteiger partial charge on any atom is 0.288 e. The van der Waals surface area contributed by atoms with Crippen LogP contribution in [0.15, 0.2) is 45.8 Å². The highest BCUT2D eigenvalue weighted by molar-refractivity contribution is 9.10. The summed E-state index contributed by atoms with van der Waals surface area (Å²) in [6.45, 7) is 0. The molecule has 8 heteroatoms. The van der Waals surface area contributed by atoms with E-state index in [-0.39, 0.29) is 5.91 Å². The summed E-state index contributed by atoms with van der Waals surface area (Å²) in [5.41, 5.74) is 0.845. The smallest absolute Gasteiger partial charge is 0.288 e. The van der Waals surface area contributed by atoms with Gasteiger partial charge in [-0.1, -0.05) is 11.8 Å². The fourth-order valence-corrected chi connectivity index (χ4v) is 2.98. The Morgan fingerprint density at radius 3 is 2.12 bits per heavy atom. The maximum atomic E-state index is 12.4. The van der Waals surface area contributed by atoms with Crippen LogP contribution in [0.2, 0.25) is 0 Å². The van der Waals surface area contributed by atoms with Crippen molar-refractivity contribution in [3.63, 3.8) is 0 Å². The molecule has 2 aromatic rings. The molecule has 0 aliphatic heterocycles. The molecule has 2 aromatic carbocycles. The summed E-state index contributed by atoms with van der Waals surface area (Å²) in [7, 11) is 2.97. The summed E-state index contributed by atoms with van der Waals surface area (Å²) in [5.74, 6) is -1.92. The third kappa shape index (κ3) is 4.61. The van der Waals surface area contributed by atoms with Gasteiger partial charge in [0.05, 0.1) is 14.2 Å². The number of alkyl halides is 2. The first kappa shape index (κ1) is 18.5. The summed E-state index contributed by atoms with van der Waals surface area (Å²) in [4.78, 5) is 12.8. The van der Waals surface area contributed by atoms with E-state index in [1.807, 2.05) is 0 Å². The molecule has 0 aromatic heterocycles. The Hall–Kier alpha value is -1.80. The predicted molar refractivity (Wildman–Crippen MR) is 93.5 cm³/mol. The monoisotopic (exact) mass is 417 g/mol. The minimum Gasteiger partial charge on any atom is -0.495 e. The number of nitrogens with one attached hydrogen (secondary N) is 1. The van der Waals surface area contributed by atoms with Crippen LogP contribution in [0.4, 0.5) is 14.5 Å². The zero-order valence-corrected chi connectivity index (χ0v) is 15.2. The summed E-state index contributed by atoms with van der Waals surface area (Å²) < 4.78 is 35.6. The number of ether oxygens (including phenoxy) is 2. The molecule has 2 rings (SSSR count). The minimum atomic E-state index is -2.48. The van der Waals surface area contributed by atoms with Gasteiger partial charge in [0.1, 0.15) is 16.0 Å². The highest BCUT2D eigenvalue weighted by Gasteiger charge is 2.15. The molecule has 0 saturated carbocycles. The number of methoxy groups -OCH3 is 2. The van der Waals surface area contributed by atoms with Crippen molar-refractivity contribution in [2.45, 2.75) is 10.7 Å². The molecule has 0 fully saturated rings. The Morgan fingerprint density at radius 2 is 1.67 bits per heavy atom. The van der Waals surface area contributed by atoms with E-state index in [9.17, 15) is 13.6 Å². The zero-order valence-electron chi connectivity index (χ0n) is 12.8. The van der Waals surface area contributed by atoms with Crippen LogP contribution >= 0.6 is 27.7 Å². The van der Waals surface area contributed by atoms with Crippen molar-refractivity contribution in [2.24, 2.45) is 0 Å². The molecule has 1 N–H and O–H groups in total. The van der Waals surface area contributed by atoms with Crippen LogP contribution in [-0.2, 0) is 0 Å².